The quantitative estimate of drug-likeness (QED) is 0.769. The molecule has 0 radical (unpaired) electrons. The molecule has 1 atom stereocenters. The second-order valence-corrected chi connectivity index (χ2v) is 4.74. The summed E-state index contributed by atoms with van der Waals surface area (Å²) < 4.78 is 66.4. The lowest BCUT2D eigenvalue weighted by Crippen LogP contribution is -2.21. The van der Waals surface area contributed by atoms with Gasteiger partial charge in [-0.1, -0.05) is 30.4 Å². The minimum atomic E-state index is -4.42. The molecule has 90 valence electrons. The van der Waals surface area contributed by atoms with Crippen molar-refractivity contribution in [3.8, 4) is 0 Å². The van der Waals surface area contributed by atoms with Crippen molar-refractivity contribution in [2.45, 2.75) is 17.8 Å². The first-order valence-electron chi connectivity index (χ1n) is 4.28. The first kappa shape index (κ1) is 13.0. The Morgan fingerprint density at radius 1 is 1.38 bits per heavy atom. The van der Waals surface area contributed by atoms with E-state index in [1.165, 1.54) is 18.2 Å². The molecule has 16 heavy (non-hydrogen) atoms. The first-order chi connectivity index (χ1) is 7.20. The maximum atomic E-state index is 11.9. The molecule has 0 aromatic heterocycles. The van der Waals surface area contributed by atoms with Crippen molar-refractivity contribution < 1.29 is 26.1 Å². The summed E-state index contributed by atoms with van der Waals surface area (Å²) in [4.78, 5) is 0. The van der Waals surface area contributed by atoms with E-state index in [1.807, 2.05) is 0 Å². The molecule has 0 heterocycles. The molecule has 3 nitrogen and oxygen atoms in total. The van der Waals surface area contributed by atoms with Gasteiger partial charge in [0.1, 0.15) is 5.25 Å². The van der Waals surface area contributed by atoms with Crippen LogP contribution >= 0.6 is 0 Å². The van der Waals surface area contributed by atoms with E-state index < -0.39 is 28.0 Å². The van der Waals surface area contributed by atoms with Gasteiger partial charge in [0.05, 0.1) is 6.42 Å². The van der Waals surface area contributed by atoms with Crippen LogP contribution in [0.5, 0.6) is 0 Å². The molecule has 0 fully saturated rings. The van der Waals surface area contributed by atoms with E-state index in [4.69, 9.17) is 4.55 Å². The Hall–Kier alpha value is -1.08. The molecule has 0 saturated heterocycles. The molecule has 0 aromatic rings. The molecule has 0 amide bonds. The van der Waals surface area contributed by atoms with Crippen molar-refractivity contribution in [3.63, 3.8) is 0 Å². The summed E-state index contributed by atoms with van der Waals surface area (Å²) in [6.07, 6.45) is 0.228. The maximum absolute atomic E-state index is 11.9. The fourth-order valence-electron chi connectivity index (χ4n) is 1.23. The van der Waals surface area contributed by atoms with Gasteiger partial charge in [-0.3, -0.25) is 4.55 Å². The average molecular weight is 254 g/mol. The van der Waals surface area contributed by atoms with Crippen molar-refractivity contribution in [2.75, 3.05) is 0 Å². The van der Waals surface area contributed by atoms with Gasteiger partial charge in [0.2, 0.25) is 0 Å². The van der Waals surface area contributed by atoms with E-state index >= 15 is 0 Å². The van der Waals surface area contributed by atoms with Gasteiger partial charge < -0.3 is 0 Å². The second-order valence-electron chi connectivity index (χ2n) is 3.20. The van der Waals surface area contributed by atoms with Crippen LogP contribution in [0, 0.1) is 0 Å². The van der Waals surface area contributed by atoms with Crippen LogP contribution < -0.4 is 0 Å². The predicted octanol–water partition coefficient (Wildman–Crippen LogP) is 2.25. The normalized spacial score (nSPS) is 24.0. The van der Waals surface area contributed by atoms with Crippen LogP contribution in [-0.4, -0.2) is 24.4 Å². The molecule has 0 aromatic carbocycles. The summed E-state index contributed by atoms with van der Waals surface area (Å²) in [5, 5.41) is -1.42. The maximum Gasteiger partial charge on any atom is 0.392 e. The van der Waals surface area contributed by atoms with Crippen LogP contribution in [-0.2, 0) is 10.1 Å². The Labute approximate surface area is 90.7 Å². The van der Waals surface area contributed by atoms with Crippen LogP contribution in [0.2, 0.25) is 0 Å². The Kier molecular flexibility index (Phi) is 3.59. The van der Waals surface area contributed by atoms with E-state index in [0.29, 0.717) is 0 Å². The molecule has 1 rings (SSSR count). The van der Waals surface area contributed by atoms with Gasteiger partial charge in [-0.25, -0.2) is 0 Å². The number of allylic oxidation sites excluding steroid dienone is 4. The van der Waals surface area contributed by atoms with Crippen LogP contribution in [0.3, 0.4) is 0 Å². The van der Waals surface area contributed by atoms with Gasteiger partial charge in [0.15, 0.2) is 0 Å². The summed E-state index contributed by atoms with van der Waals surface area (Å²) >= 11 is 0. The van der Waals surface area contributed by atoms with Crippen molar-refractivity contribution in [2.24, 2.45) is 0 Å². The molecule has 1 aliphatic carbocycles. The van der Waals surface area contributed by atoms with Gasteiger partial charge in [0, 0.05) is 0 Å². The second kappa shape index (κ2) is 4.42. The van der Waals surface area contributed by atoms with Crippen molar-refractivity contribution in [3.05, 3.63) is 36.0 Å². The average Bonchev–Trinajstić information content (AvgIpc) is 2.12. The third kappa shape index (κ3) is 3.82. The van der Waals surface area contributed by atoms with Crippen LogP contribution in [0.1, 0.15) is 6.42 Å². The van der Waals surface area contributed by atoms with E-state index in [0.717, 1.165) is 12.2 Å². The molecule has 1 aliphatic rings. The largest absolute Gasteiger partial charge is 0.392 e. The molecule has 0 saturated carbocycles. The monoisotopic (exact) mass is 254 g/mol. The highest BCUT2D eigenvalue weighted by atomic mass is 32.2. The minimum Gasteiger partial charge on any atom is -0.285 e. The topological polar surface area (TPSA) is 54.4 Å². The molecule has 1 N–H and O–H groups in total. The van der Waals surface area contributed by atoms with Crippen LogP contribution in [0.15, 0.2) is 36.0 Å². The number of alkyl halides is 3. The van der Waals surface area contributed by atoms with Crippen molar-refractivity contribution in [1.82, 2.24) is 0 Å². The Morgan fingerprint density at radius 3 is 2.50 bits per heavy atom. The number of hydrogen-bond acceptors (Lipinski definition) is 2. The molecular formula is C9H9F3O3S. The van der Waals surface area contributed by atoms with E-state index in [-0.39, 0.29) is 5.57 Å². The Morgan fingerprint density at radius 2 is 2.00 bits per heavy atom. The third-order valence-electron chi connectivity index (χ3n) is 1.90. The summed E-state index contributed by atoms with van der Waals surface area (Å²) in [6, 6.07) is 0. The third-order valence-corrected chi connectivity index (χ3v) is 2.98. The van der Waals surface area contributed by atoms with Gasteiger partial charge in [-0.05, 0) is 5.57 Å². The lowest BCUT2D eigenvalue weighted by molar-refractivity contribution is -0.125. The SMILES string of the molecule is O=S(=O)(O)C1C=CC=CC1=CCC(F)(F)F. The zero-order valence-corrected chi connectivity index (χ0v) is 8.79. The summed E-state index contributed by atoms with van der Waals surface area (Å²) in [5.74, 6) is 0. The number of halogens is 3. The lowest BCUT2D eigenvalue weighted by atomic mass is 10.1. The van der Waals surface area contributed by atoms with E-state index in [1.54, 1.807) is 0 Å². The highest BCUT2D eigenvalue weighted by Crippen LogP contribution is 2.24. The predicted molar refractivity (Wildman–Crippen MR) is 52.4 cm³/mol. The molecule has 0 bridgehead atoms. The standard InChI is InChI=1S/C9H9F3O3S/c10-9(11,12)6-5-7-3-1-2-4-8(7)16(13,14)15/h1-5,8H,6H2,(H,13,14,15). The van der Waals surface area contributed by atoms with Gasteiger partial charge in [0.25, 0.3) is 10.1 Å². The molecule has 7 heteroatoms. The van der Waals surface area contributed by atoms with E-state index in [9.17, 15) is 21.6 Å². The summed E-state index contributed by atoms with van der Waals surface area (Å²) in [5.41, 5.74) is -0.0812. The number of hydrogen-bond donors (Lipinski definition) is 1. The van der Waals surface area contributed by atoms with Crippen LogP contribution in [0.25, 0.3) is 0 Å². The molecule has 0 spiro atoms. The Balaban J connectivity index is 2.94. The zero-order chi connectivity index (χ0) is 12.4. The first-order valence-corrected chi connectivity index (χ1v) is 5.78. The lowest BCUT2D eigenvalue weighted by Gasteiger charge is -2.14. The molecule has 1 unspecified atom stereocenters. The molecular weight excluding hydrogens is 245 g/mol. The fourth-order valence-corrected chi connectivity index (χ4v) is 2.03. The van der Waals surface area contributed by atoms with Crippen LogP contribution in [0.4, 0.5) is 13.2 Å². The smallest absolute Gasteiger partial charge is 0.285 e. The van der Waals surface area contributed by atoms with Crippen molar-refractivity contribution in [1.29, 1.82) is 0 Å². The van der Waals surface area contributed by atoms with Gasteiger partial charge in [-0.2, -0.15) is 21.6 Å². The minimum absolute atomic E-state index is 0.0812. The zero-order valence-electron chi connectivity index (χ0n) is 7.98. The summed E-state index contributed by atoms with van der Waals surface area (Å²) in [6.45, 7) is 0. The summed E-state index contributed by atoms with van der Waals surface area (Å²) in [7, 11) is -4.42. The Bertz CT molecular complexity index is 443. The molecule has 0 aliphatic heterocycles. The van der Waals surface area contributed by atoms with Gasteiger partial charge >= 0.3 is 6.18 Å². The van der Waals surface area contributed by atoms with E-state index in [2.05, 4.69) is 0 Å². The fraction of sp³-hybridized carbons (Fsp3) is 0.333. The highest BCUT2D eigenvalue weighted by Gasteiger charge is 2.28. The highest BCUT2D eigenvalue weighted by molar-refractivity contribution is 7.86. The number of rotatable bonds is 2. The van der Waals surface area contributed by atoms with Gasteiger partial charge in [-0.15, -0.1) is 0 Å². The van der Waals surface area contributed by atoms with Crippen molar-refractivity contribution >= 4 is 10.1 Å².